The third-order valence-corrected chi connectivity index (χ3v) is 4.43. The van der Waals surface area contributed by atoms with Gasteiger partial charge in [0.1, 0.15) is 11.3 Å². The van der Waals surface area contributed by atoms with Crippen molar-refractivity contribution in [3.63, 3.8) is 0 Å². The number of aromatic nitrogens is 3. The van der Waals surface area contributed by atoms with E-state index in [2.05, 4.69) is 15.0 Å². The predicted octanol–water partition coefficient (Wildman–Crippen LogP) is 1.16. The second-order valence-electron chi connectivity index (χ2n) is 5.30. The van der Waals surface area contributed by atoms with Gasteiger partial charge in [0.15, 0.2) is 0 Å². The number of hydrogen-bond acceptors (Lipinski definition) is 5. The minimum atomic E-state index is -2.18. The van der Waals surface area contributed by atoms with Crippen LogP contribution in [0.3, 0.4) is 0 Å². The van der Waals surface area contributed by atoms with E-state index in [4.69, 9.17) is 4.74 Å². The molecule has 21 heavy (non-hydrogen) atoms. The quantitative estimate of drug-likeness (QED) is 0.837. The Bertz CT molecular complexity index is 660. The number of nitrogens with zero attached hydrogens (tertiary/aromatic N) is 3. The molecule has 1 aliphatic rings. The molecule has 3 unspecified atom stereocenters. The van der Waals surface area contributed by atoms with Crippen molar-refractivity contribution >= 4 is 22.3 Å². The van der Waals surface area contributed by atoms with E-state index in [0.29, 0.717) is 12.5 Å². The summed E-state index contributed by atoms with van der Waals surface area (Å²) in [5, 5.41) is 8.44. The topological polar surface area (TPSA) is 92.1 Å². The summed E-state index contributed by atoms with van der Waals surface area (Å²) in [6, 6.07) is 6.01. The van der Waals surface area contributed by atoms with Crippen molar-refractivity contribution in [2.45, 2.75) is 25.3 Å². The van der Waals surface area contributed by atoms with Crippen LogP contribution in [-0.2, 0) is 11.3 Å². The Morgan fingerprint density at radius 2 is 2.38 bits per heavy atom. The molecule has 1 fully saturated rings. The normalized spacial score (nSPS) is 23.5. The molecule has 1 aliphatic carbocycles. The molecule has 1 N–H and O–H groups in total. The summed E-state index contributed by atoms with van der Waals surface area (Å²) in [6.07, 6.45) is 2.89. The van der Waals surface area contributed by atoms with Crippen LogP contribution in [0.2, 0.25) is 0 Å². The van der Waals surface area contributed by atoms with E-state index >= 15 is 0 Å². The predicted molar refractivity (Wildman–Crippen MR) is 77.4 cm³/mol. The zero-order valence-electron chi connectivity index (χ0n) is 11.7. The lowest BCUT2D eigenvalue weighted by Gasteiger charge is -2.14. The molecule has 3 rings (SSSR count). The Hall–Kier alpha value is -1.51. The lowest BCUT2D eigenvalue weighted by molar-refractivity contribution is 0.415. The van der Waals surface area contributed by atoms with E-state index in [9.17, 15) is 8.76 Å². The summed E-state index contributed by atoms with van der Waals surface area (Å²) >= 11 is -2.18. The van der Waals surface area contributed by atoms with Crippen LogP contribution in [0, 0.1) is 5.92 Å². The molecule has 0 amide bonds. The molecule has 7 nitrogen and oxygen atoms in total. The highest BCUT2D eigenvalue weighted by molar-refractivity contribution is 7.77. The Kier molecular flexibility index (Phi) is 4.18. The Morgan fingerprint density at radius 3 is 3.14 bits per heavy atom. The van der Waals surface area contributed by atoms with Crippen LogP contribution in [-0.4, -0.2) is 37.4 Å². The van der Waals surface area contributed by atoms with Gasteiger partial charge in [-0.25, -0.2) is 9.40 Å². The van der Waals surface area contributed by atoms with Crippen LogP contribution in [0.15, 0.2) is 18.2 Å². The van der Waals surface area contributed by atoms with E-state index in [-0.39, 0.29) is 6.04 Å². The number of ether oxygens (including phenoxy) is 1. The molecular formula is C13H17N4O3S-. The summed E-state index contributed by atoms with van der Waals surface area (Å²) in [7, 11) is 1.63. The zero-order chi connectivity index (χ0) is 14.8. The van der Waals surface area contributed by atoms with Crippen molar-refractivity contribution in [3.05, 3.63) is 18.2 Å². The van der Waals surface area contributed by atoms with Gasteiger partial charge in [-0.3, -0.25) is 4.21 Å². The smallest absolute Gasteiger partial charge is 0.121 e. The Morgan fingerprint density at radius 1 is 1.52 bits per heavy atom. The maximum Gasteiger partial charge on any atom is 0.121 e. The van der Waals surface area contributed by atoms with Crippen molar-refractivity contribution < 1.29 is 13.5 Å². The van der Waals surface area contributed by atoms with E-state index < -0.39 is 11.3 Å². The minimum absolute atomic E-state index is 0.273. The second kappa shape index (κ2) is 6.08. The maximum atomic E-state index is 10.6. The molecule has 1 heterocycles. The van der Waals surface area contributed by atoms with Gasteiger partial charge in [0.2, 0.25) is 0 Å². The van der Waals surface area contributed by atoms with Crippen molar-refractivity contribution in [3.8, 4) is 5.75 Å². The largest absolute Gasteiger partial charge is 0.760 e. The van der Waals surface area contributed by atoms with Gasteiger partial charge < -0.3 is 9.29 Å². The van der Waals surface area contributed by atoms with Gasteiger partial charge in [-0.2, -0.15) is 0 Å². The second-order valence-corrected chi connectivity index (χ2v) is 6.06. The SMILES string of the molecule is COc1ccc2c(c1)nnn2C1CCC(CNS(=O)[O-])C1. The van der Waals surface area contributed by atoms with E-state index in [0.717, 1.165) is 36.0 Å². The lowest BCUT2D eigenvalue weighted by Crippen LogP contribution is -2.23. The van der Waals surface area contributed by atoms with Gasteiger partial charge >= 0.3 is 0 Å². The average Bonchev–Trinajstić information content (AvgIpc) is 3.10. The van der Waals surface area contributed by atoms with Gasteiger partial charge in [0.05, 0.1) is 18.7 Å². The fourth-order valence-corrected chi connectivity index (χ4v) is 3.33. The molecule has 0 bridgehead atoms. The lowest BCUT2D eigenvalue weighted by atomic mass is 10.1. The van der Waals surface area contributed by atoms with Crippen LogP contribution in [0.4, 0.5) is 0 Å². The highest BCUT2D eigenvalue weighted by Crippen LogP contribution is 2.35. The highest BCUT2D eigenvalue weighted by Gasteiger charge is 2.27. The Balaban J connectivity index is 1.74. The first kappa shape index (κ1) is 14.4. The molecule has 3 atom stereocenters. The van der Waals surface area contributed by atoms with Crippen molar-refractivity contribution in [2.75, 3.05) is 13.7 Å². The Labute approximate surface area is 125 Å². The molecule has 1 aromatic carbocycles. The minimum Gasteiger partial charge on any atom is -0.760 e. The fraction of sp³-hybridized carbons (Fsp3) is 0.538. The first-order chi connectivity index (χ1) is 10.2. The van der Waals surface area contributed by atoms with Crippen molar-refractivity contribution in [2.24, 2.45) is 5.92 Å². The standard InChI is InChI=1S/C13H18N4O3S/c1-20-11-4-5-13-12(7-11)15-16-17(13)10-3-2-9(6-10)8-14-21(18)19/h4-5,7,9-10,14H,2-3,6,8H2,1H3,(H,18,19)/p-1. The third-order valence-electron chi connectivity index (χ3n) is 4.03. The van der Waals surface area contributed by atoms with Crippen LogP contribution in [0.1, 0.15) is 25.3 Å². The average molecular weight is 309 g/mol. The fourth-order valence-electron chi connectivity index (χ4n) is 2.96. The van der Waals surface area contributed by atoms with Crippen LogP contribution in [0.5, 0.6) is 5.75 Å². The molecule has 8 heteroatoms. The molecule has 0 saturated heterocycles. The third kappa shape index (κ3) is 3.07. The monoisotopic (exact) mass is 309 g/mol. The molecule has 2 aromatic rings. The molecule has 114 valence electrons. The van der Waals surface area contributed by atoms with Crippen LogP contribution >= 0.6 is 0 Å². The van der Waals surface area contributed by atoms with Gasteiger partial charge in [0.25, 0.3) is 0 Å². The number of nitrogens with one attached hydrogen (secondary N) is 1. The van der Waals surface area contributed by atoms with Crippen molar-refractivity contribution in [1.82, 2.24) is 19.7 Å². The summed E-state index contributed by atoms with van der Waals surface area (Å²) in [4.78, 5) is 0. The van der Waals surface area contributed by atoms with Gasteiger partial charge in [-0.05, 0) is 37.3 Å². The molecular weight excluding hydrogens is 292 g/mol. The highest BCUT2D eigenvalue weighted by atomic mass is 32.2. The van der Waals surface area contributed by atoms with Gasteiger partial charge in [0, 0.05) is 23.9 Å². The van der Waals surface area contributed by atoms with E-state index in [1.165, 1.54) is 0 Å². The molecule has 0 radical (unpaired) electrons. The summed E-state index contributed by atoms with van der Waals surface area (Å²) < 4.78 is 30.7. The maximum absolute atomic E-state index is 10.6. The van der Waals surface area contributed by atoms with Gasteiger partial charge in [-0.15, -0.1) is 5.10 Å². The number of rotatable bonds is 5. The summed E-state index contributed by atoms with van der Waals surface area (Å²) in [6.45, 7) is 0.493. The molecule has 1 saturated carbocycles. The number of hydrogen-bond donors (Lipinski definition) is 1. The van der Waals surface area contributed by atoms with Crippen LogP contribution in [0.25, 0.3) is 11.0 Å². The van der Waals surface area contributed by atoms with E-state index in [1.54, 1.807) is 7.11 Å². The molecule has 0 spiro atoms. The zero-order valence-corrected chi connectivity index (χ0v) is 12.5. The molecule has 0 aliphatic heterocycles. The number of benzene rings is 1. The summed E-state index contributed by atoms with van der Waals surface area (Å²) in [5.41, 5.74) is 1.80. The van der Waals surface area contributed by atoms with Crippen molar-refractivity contribution in [1.29, 1.82) is 0 Å². The number of methoxy groups -OCH3 is 1. The number of fused-ring (bicyclic) bond motifs is 1. The molecule has 1 aromatic heterocycles. The van der Waals surface area contributed by atoms with Crippen LogP contribution < -0.4 is 9.46 Å². The van der Waals surface area contributed by atoms with E-state index in [1.807, 2.05) is 22.9 Å². The summed E-state index contributed by atoms with van der Waals surface area (Å²) in [5.74, 6) is 1.12. The first-order valence-corrected chi connectivity index (χ1v) is 7.96. The first-order valence-electron chi connectivity index (χ1n) is 6.89. The van der Waals surface area contributed by atoms with Gasteiger partial charge in [-0.1, -0.05) is 5.21 Å².